The number of benzene rings is 1. The number of nitrogens with zero attached hydrogens (tertiary/aromatic N) is 2. The molecule has 0 atom stereocenters. The van der Waals surface area contributed by atoms with E-state index in [2.05, 4.69) is 10.3 Å². The normalized spacial score (nSPS) is 10.4. The Kier molecular flexibility index (Phi) is 4.91. The van der Waals surface area contributed by atoms with Crippen LogP contribution in [-0.2, 0) is 6.54 Å². The van der Waals surface area contributed by atoms with Gasteiger partial charge in [0.05, 0.1) is 10.6 Å². The molecule has 122 valence electrons. The lowest BCUT2D eigenvalue weighted by Crippen LogP contribution is -2.23. The Bertz CT molecular complexity index is 828. The molecular weight excluding hydrogens is 318 g/mol. The van der Waals surface area contributed by atoms with Crippen molar-refractivity contribution < 1.29 is 4.79 Å². The van der Waals surface area contributed by atoms with Crippen LogP contribution in [-0.4, -0.2) is 25.0 Å². The summed E-state index contributed by atoms with van der Waals surface area (Å²) >= 11 is 1.66. The van der Waals surface area contributed by atoms with E-state index in [1.54, 1.807) is 17.5 Å². The minimum absolute atomic E-state index is 0.0758. The van der Waals surface area contributed by atoms with E-state index in [0.717, 1.165) is 21.8 Å². The van der Waals surface area contributed by atoms with Crippen LogP contribution >= 0.6 is 11.3 Å². The Morgan fingerprint density at radius 2 is 2.04 bits per heavy atom. The summed E-state index contributed by atoms with van der Waals surface area (Å²) in [5.74, 6) is -0.0758. The molecule has 3 rings (SSSR count). The van der Waals surface area contributed by atoms with E-state index in [9.17, 15) is 4.79 Å². The topological polar surface area (TPSA) is 45.2 Å². The first kappa shape index (κ1) is 16.2. The minimum atomic E-state index is -0.0758. The number of amides is 1. The van der Waals surface area contributed by atoms with Crippen molar-refractivity contribution in [1.29, 1.82) is 0 Å². The molecule has 24 heavy (non-hydrogen) atoms. The van der Waals surface area contributed by atoms with Crippen molar-refractivity contribution >= 4 is 22.9 Å². The van der Waals surface area contributed by atoms with Crippen LogP contribution in [0.2, 0.25) is 0 Å². The van der Waals surface area contributed by atoms with Gasteiger partial charge in [0.2, 0.25) is 0 Å². The molecule has 0 fully saturated rings. The third kappa shape index (κ3) is 3.81. The van der Waals surface area contributed by atoms with E-state index >= 15 is 0 Å². The van der Waals surface area contributed by atoms with Gasteiger partial charge in [-0.15, -0.1) is 11.3 Å². The van der Waals surface area contributed by atoms with Crippen LogP contribution in [0.15, 0.2) is 60.1 Å². The number of thiophene rings is 1. The van der Waals surface area contributed by atoms with Crippen LogP contribution in [0.5, 0.6) is 0 Å². The van der Waals surface area contributed by atoms with E-state index in [0.29, 0.717) is 12.1 Å². The van der Waals surface area contributed by atoms with Gasteiger partial charge in [0, 0.05) is 38.1 Å². The zero-order valence-corrected chi connectivity index (χ0v) is 14.5. The first-order chi connectivity index (χ1) is 11.6. The molecule has 0 spiro atoms. The lowest BCUT2D eigenvalue weighted by molar-refractivity contribution is 0.0951. The summed E-state index contributed by atoms with van der Waals surface area (Å²) in [6.07, 6.45) is 1.78. The molecule has 1 aromatic carbocycles. The lowest BCUT2D eigenvalue weighted by Gasteiger charge is -2.13. The van der Waals surface area contributed by atoms with Crippen molar-refractivity contribution in [1.82, 2.24) is 10.3 Å². The number of rotatable bonds is 5. The van der Waals surface area contributed by atoms with Crippen LogP contribution in [0.1, 0.15) is 15.9 Å². The Balaban J connectivity index is 1.68. The van der Waals surface area contributed by atoms with Gasteiger partial charge in [0.1, 0.15) is 0 Å². The van der Waals surface area contributed by atoms with Gasteiger partial charge < -0.3 is 10.2 Å². The standard InChI is InChI=1S/C19H19N3OS/c1-22(2)16-6-3-5-15(12-16)19(23)21-13-14-8-9-20-17(11-14)18-7-4-10-24-18/h3-12H,13H2,1-2H3,(H,21,23). The predicted molar refractivity (Wildman–Crippen MR) is 99.5 cm³/mol. The van der Waals surface area contributed by atoms with Gasteiger partial charge in [-0.1, -0.05) is 12.1 Å². The molecule has 4 nitrogen and oxygen atoms in total. The van der Waals surface area contributed by atoms with Gasteiger partial charge in [-0.05, 0) is 47.3 Å². The maximum atomic E-state index is 12.4. The monoisotopic (exact) mass is 337 g/mol. The zero-order chi connectivity index (χ0) is 16.9. The smallest absolute Gasteiger partial charge is 0.251 e. The van der Waals surface area contributed by atoms with Crippen molar-refractivity contribution in [2.75, 3.05) is 19.0 Å². The number of carbonyl (C=O) groups excluding carboxylic acids is 1. The number of pyridine rings is 1. The molecule has 0 aliphatic heterocycles. The molecule has 1 amide bonds. The molecule has 0 saturated carbocycles. The Hall–Kier alpha value is -2.66. The third-order valence-corrected chi connectivity index (χ3v) is 4.57. The summed E-state index contributed by atoms with van der Waals surface area (Å²) in [6, 6.07) is 15.6. The molecule has 0 saturated heterocycles. The second-order valence-corrected chi connectivity index (χ2v) is 6.60. The molecule has 0 aliphatic rings. The summed E-state index contributed by atoms with van der Waals surface area (Å²) in [5, 5.41) is 5.00. The fourth-order valence-corrected chi connectivity index (χ4v) is 3.05. The van der Waals surface area contributed by atoms with Crippen LogP contribution in [0.3, 0.4) is 0 Å². The van der Waals surface area contributed by atoms with Crippen molar-refractivity contribution in [3.8, 4) is 10.6 Å². The maximum Gasteiger partial charge on any atom is 0.251 e. The lowest BCUT2D eigenvalue weighted by atomic mass is 10.1. The van der Waals surface area contributed by atoms with Gasteiger partial charge in [0.25, 0.3) is 5.91 Å². The maximum absolute atomic E-state index is 12.4. The van der Waals surface area contributed by atoms with Crippen molar-refractivity contribution in [3.63, 3.8) is 0 Å². The number of carbonyl (C=O) groups is 1. The first-order valence-electron chi connectivity index (χ1n) is 7.68. The Morgan fingerprint density at radius 1 is 1.17 bits per heavy atom. The van der Waals surface area contributed by atoms with Gasteiger partial charge in [-0.3, -0.25) is 9.78 Å². The highest BCUT2D eigenvalue weighted by molar-refractivity contribution is 7.13. The minimum Gasteiger partial charge on any atom is -0.378 e. The van der Waals surface area contributed by atoms with Gasteiger partial charge in [-0.2, -0.15) is 0 Å². The van der Waals surface area contributed by atoms with Crippen LogP contribution in [0, 0.1) is 0 Å². The molecule has 2 aromatic heterocycles. The molecule has 5 heteroatoms. The largest absolute Gasteiger partial charge is 0.378 e. The molecular formula is C19H19N3OS. The molecule has 2 heterocycles. The van der Waals surface area contributed by atoms with Crippen LogP contribution in [0.25, 0.3) is 10.6 Å². The molecule has 3 aromatic rings. The second kappa shape index (κ2) is 7.27. The van der Waals surface area contributed by atoms with Crippen molar-refractivity contribution in [2.45, 2.75) is 6.54 Å². The van der Waals surface area contributed by atoms with E-state index < -0.39 is 0 Å². The SMILES string of the molecule is CN(C)c1cccc(C(=O)NCc2ccnc(-c3cccs3)c2)c1. The van der Waals surface area contributed by atoms with Gasteiger partial charge in [-0.25, -0.2) is 0 Å². The third-order valence-electron chi connectivity index (χ3n) is 3.68. The Morgan fingerprint density at radius 3 is 2.79 bits per heavy atom. The fraction of sp³-hybridized carbons (Fsp3) is 0.158. The van der Waals surface area contributed by atoms with Gasteiger partial charge in [0.15, 0.2) is 0 Å². The number of hydrogen-bond acceptors (Lipinski definition) is 4. The summed E-state index contributed by atoms with van der Waals surface area (Å²) in [4.78, 5) is 19.9. The number of hydrogen-bond donors (Lipinski definition) is 1. The Labute approximate surface area is 145 Å². The average molecular weight is 337 g/mol. The number of aromatic nitrogens is 1. The highest BCUT2D eigenvalue weighted by Crippen LogP contribution is 2.23. The second-order valence-electron chi connectivity index (χ2n) is 5.65. The molecule has 0 aliphatic carbocycles. The van der Waals surface area contributed by atoms with E-state index in [4.69, 9.17) is 0 Å². The molecule has 0 bridgehead atoms. The molecule has 0 radical (unpaired) electrons. The fourth-order valence-electron chi connectivity index (χ4n) is 2.35. The summed E-state index contributed by atoms with van der Waals surface area (Å²) in [6.45, 7) is 0.478. The number of nitrogens with one attached hydrogen (secondary N) is 1. The van der Waals surface area contributed by atoms with Crippen molar-refractivity contribution in [2.24, 2.45) is 0 Å². The highest BCUT2D eigenvalue weighted by atomic mass is 32.1. The van der Waals surface area contributed by atoms with Crippen LogP contribution < -0.4 is 10.2 Å². The molecule has 1 N–H and O–H groups in total. The summed E-state index contributed by atoms with van der Waals surface area (Å²) < 4.78 is 0. The highest BCUT2D eigenvalue weighted by Gasteiger charge is 2.08. The summed E-state index contributed by atoms with van der Waals surface area (Å²) in [7, 11) is 3.92. The number of anilines is 1. The quantitative estimate of drug-likeness (QED) is 0.770. The zero-order valence-electron chi connectivity index (χ0n) is 13.7. The van der Waals surface area contributed by atoms with E-state index in [1.807, 2.05) is 72.9 Å². The predicted octanol–water partition coefficient (Wildman–Crippen LogP) is 3.81. The molecule has 0 unspecified atom stereocenters. The average Bonchev–Trinajstić information content (AvgIpc) is 3.15. The van der Waals surface area contributed by atoms with E-state index in [1.165, 1.54) is 0 Å². The van der Waals surface area contributed by atoms with Gasteiger partial charge >= 0.3 is 0 Å². The van der Waals surface area contributed by atoms with E-state index in [-0.39, 0.29) is 5.91 Å². The summed E-state index contributed by atoms with van der Waals surface area (Å²) in [5.41, 5.74) is 3.64. The van der Waals surface area contributed by atoms with Crippen LogP contribution in [0.4, 0.5) is 5.69 Å². The first-order valence-corrected chi connectivity index (χ1v) is 8.56. The van der Waals surface area contributed by atoms with Crippen molar-refractivity contribution in [3.05, 3.63) is 71.2 Å².